The van der Waals surface area contributed by atoms with E-state index in [2.05, 4.69) is 15.2 Å². The summed E-state index contributed by atoms with van der Waals surface area (Å²) in [5.74, 6) is 0.502. The predicted octanol–water partition coefficient (Wildman–Crippen LogP) is 2.11. The Morgan fingerprint density at radius 3 is 2.62 bits per heavy atom. The molecule has 0 aliphatic heterocycles. The number of benzene rings is 1. The molecule has 2 aromatic rings. The Morgan fingerprint density at radius 1 is 1.31 bits per heavy atom. The van der Waals surface area contributed by atoms with Gasteiger partial charge in [0.15, 0.2) is 10.6 Å². The minimum atomic E-state index is -0.0348. The summed E-state index contributed by atoms with van der Waals surface area (Å²) in [6.07, 6.45) is 0.671. The molecule has 0 amide bonds. The monoisotopic (exact) mass is 237 g/mol. The van der Waals surface area contributed by atoms with E-state index in [0.29, 0.717) is 22.6 Å². The molecule has 0 fully saturated rings. The Morgan fingerprint density at radius 2 is 2.06 bits per heavy atom. The fourth-order valence-corrected chi connectivity index (χ4v) is 1.63. The summed E-state index contributed by atoms with van der Waals surface area (Å²) >= 11 is 4.86. The zero-order valence-corrected chi connectivity index (χ0v) is 9.43. The summed E-state index contributed by atoms with van der Waals surface area (Å²) in [5.41, 5.74) is 1.26. The fraction of sp³-hybridized carbons (Fsp3) is 0.200. The van der Waals surface area contributed by atoms with Gasteiger partial charge in [0.2, 0.25) is 0 Å². The number of nitrogens with one attached hydrogen (secondary N) is 2. The van der Waals surface area contributed by atoms with Crippen molar-refractivity contribution in [1.82, 2.24) is 15.2 Å². The number of nitrogens with zero attached hydrogens (tertiary/aromatic N) is 1. The SMILES string of the molecule is CCc1cc(-c2n[nH]c(=S)[nH]2)c(O)cc1O. The smallest absolute Gasteiger partial charge is 0.192 e. The first-order valence-electron chi connectivity index (χ1n) is 4.81. The maximum absolute atomic E-state index is 9.71. The van der Waals surface area contributed by atoms with Crippen molar-refractivity contribution in [3.05, 3.63) is 22.5 Å². The molecule has 5 nitrogen and oxygen atoms in total. The van der Waals surface area contributed by atoms with E-state index < -0.39 is 0 Å². The van der Waals surface area contributed by atoms with Crippen LogP contribution in [0.25, 0.3) is 11.4 Å². The van der Waals surface area contributed by atoms with Crippen molar-refractivity contribution in [2.24, 2.45) is 0 Å². The molecule has 0 saturated heterocycles. The molecule has 1 aromatic carbocycles. The average Bonchev–Trinajstić information content (AvgIpc) is 2.65. The van der Waals surface area contributed by atoms with Crippen molar-refractivity contribution in [1.29, 1.82) is 0 Å². The topological polar surface area (TPSA) is 84.9 Å². The zero-order valence-electron chi connectivity index (χ0n) is 8.61. The largest absolute Gasteiger partial charge is 0.508 e. The van der Waals surface area contributed by atoms with Gasteiger partial charge >= 0.3 is 0 Å². The Hall–Kier alpha value is -1.82. The number of phenolic OH excluding ortho intramolecular Hbond substituents is 2. The predicted molar refractivity (Wildman–Crippen MR) is 61.9 cm³/mol. The molecule has 0 radical (unpaired) electrons. The van der Waals surface area contributed by atoms with Gasteiger partial charge in [0.25, 0.3) is 0 Å². The van der Waals surface area contributed by atoms with E-state index in [1.165, 1.54) is 6.07 Å². The van der Waals surface area contributed by atoms with Crippen LogP contribution < -0.4 is 0 Å². The second-order valence-corrected chi connectivity index (χ2v) is 3.79. The number of aromatic amines is 2. The lowest BCUT2D eigenvalue weighted by Gasteiger charge is -2.06. The summed E-state index contributed by atoms with van der Waals surface area (Å²) in [7, 11) is 0. The van der Waals surface area contributed by atoms with E-state index in [1.807, 2.05) is 6.92 Å². The molecule has 0 bridgehead atoms. The second kappa shape index (κ2) is 3.97. The van der Waals surface area contributed by atoms with Crippen molar-refractivity contribution in [2.45, 2.75) is 13.3 Å². The number of aromatic hydroxyl groups is 2. The molecule has 0 saturated carbocycles. The van der Waals surface area contributed by atoms with E-state index in [-0.39, 0.29) is 11.5 Å². The number of phenols is 2. The Kier molecular flexibility index (Phi) is 2.66. The summed E-state index contributed by atoms with van der Waals surface area (Å²) in [5, 5.41) is 25.8. The third kappa shape index (κ3) is 1.79. The van der Waals surface area contributed by atoms with Gasteiger partial charge in [-0.2, -0.15) is 5.10 Å². The highest BCUT2D eigenvalue weighted by Gasteiger charge is 2.11. The summed E-state index contributed by atoms with van der Waals surface area (Å²) in [6.45, 7) is 1.92. The summed E-state index contributed by atoms with van der Waals surface area (Å²) in [6, 6.07) is 2.99. The van der Waals surface area contributed by atoms with Gasteiger partial charge in [-0.25, -0.2) is 0 Å². The normalized spacial score (nSPS) is 10.6. The van der Waals surface area contributed by atoms with Gasteiger partial charge in [-0.3, -0.25) is 5.10 Å². The molecule has 0 spiro atoms. The molecule has 84 valence electrons. The lowest BCUT2D eigenvalue weighted by Crippen LogP contribution is -1.87. The quantitative estimate of drug-likeness (QED) is 0.603. The van der Waals surface area contributed by atoms with Crippen LogP contribution in [0.5, 0.6) is 11.5 Å². The van der Waals surface area contributed by atoms with Gasteiger partial charge in [-0.1, -0.05) is 6.92 Å². The van der Waals surface area contributed by atoms with Gasteiger partial charge < -0.3 is 15.2 Å². The molecule has 6 heteroatoms. The van der Waals surface area contributed by atoms with Crippen molar-refractivity contribution in [3.63, 3.8) is 0 Å². The molecular formula is C10H11N3O2S. The average molecular weight is 237 g/mol. The van der Waals surface area contributed by atoms with Crippen LogP contribution in [0.4, 0.5) is 0 Å². The molecule has 0 aliphatic rings. The number of hydrogen-bond acceptors (Lipinski definition) is 4. The van der Waals surface area contributed by atoms with E-state index in [9.17, 15) is 10.2 Å². The van der Waals surface area contributed by atoms with Crippen LogP contribution in [0, 0.1) is 4.77 Å². The van der Waals surface area contributed by atoms with Gasteiger partial charge in [0, 0.05) is 6.07 Å². The highest BCUT2D eigenvalue weighted by molar-refractivity contribution is 7.71. The maximum Gasteiger partial charge on any atom is 0.192 e. The van der Waals surface area contributed by atoms with Crippen LogP contribution in [0.15, 0.2) is 12.1 Å². The molecule has 16 heavy (non-hydrogen) atoms. The highest BCUT2D eigenvalue weighted by atomic mass is 32.1. The molecule has 0 aliphatic carbocycles. The first kappa shape index (κ1) is 10.7. The fourth-order valence-electron chi connectivity index (χ4n) is 1.49. The molecule has 2 rings (SSSR count). The van der Waals surface area contributed by atoms with Crippen LogP contribution >= 0.6 is 12.2 Å². The molecular weight excluding hydrogens is 226 g/mol. The van der Waals surface area contributed by atoms with Gasteiger partial charge in [0.1, 0.15) is 11.5 Å². The van der Waals surface area contributed by atoms with Crippen molar-refractivity contribution in [3.8, 4) is 22.9 Å². The Bertz CT molecular complexity index is 574. The number of aromatic nitrogens is 3. The van der Waals surface area contributed by atoms with Crippen LogP contribution in [0.1, 0.15) is 12.5 Å². The van der Waals surface area contributed by atoms with Gasteiger partial charge in [-0.05, 0) is 30.3 Å². The van der Waals surface area contributed by atoms with E-state index >= 15 is 0 Å². The van der Waals surface area contributed by atoms with Crippen molar-refractivity contribution < 1.29 is 10.2 Å². The number of H-pyrrole nitrogens is 2. The molecule has 0 unspecified atom stereocenters. The first-order chi connectivity index (χ1) is 7.61. The van der Waals surface area contributed by atoms with Crippen LogP contribution in [0.2, 0.25) is 0 Å². The van der Waals surface area contributed by atoms with E-state index in [0.717, 1.165) is 5.56 Å². The van der Waals surface area contributed by atoms with Crippen molar-refractivity contribution >= 4 is 12.2 Å². The van der Waals surface area contributed by atoms with Crippen LogP contribution in [-0.2, 0) is 6.42 Å². The standard InChI is InChI=1S/C10H11N3O2S/c1-2-5-3-6(8(15)4-7(5)14)9-11-10(16)13-12-9/h3-4,14-15H,2H2,1H3,(H2,11,12,13,16). The van der Waals surface area contributed by atoms with Gasteiger partial charge in [0.05, 0.1) is 5.56 Å². The third-order valence-electron chi connectivity index (χ3n) is 2.33. The Balaban J connectivity index is 2.60. The number of aryl methyl sites for hydroxylation is 1. The minimum Gasteiger partial charge on any atom is -0.508 e. The number of hydrogen-bond donors (Lipinski definition) is 4. The Labute approximate surface area is 96.8 Å². The summed E-state index contributed by atoms with van der Waals surface area (Å²) < 4.78 is 0.389. The zero-order chi connectivity index (χ0) is 11.7. The molecule has 1 aromatic heterocycles. The summed E-state index contributed by atoms with van der Waals surface area (Å²) in [4.78, 5) is 2.81. The van der Waals surface area contributed by atoms with Crippen molar-refractivity contribution in [2.75, 3.05) is 0 Å². The van der Waals surface area contributed by atoms with E-state index in [4.69, 9.17) is 12.2 Å². The maximum atomic E-state index is 9.71. The number of rotatable bonds is 2. The van der Waals surface area contributed by atoms with Crippen LogP contribution in [-0.4, -0.2) is 25.4 Å². The molecule has 1 heterocycles. The second-order valence-electron chi connectivity index (χ2n) is 3.38. The minimum absolute atomic E-state index is 0.0348. The van der Waals surface area contributed by atoms with Crippen LogP contribution in [0.3, 0.4) is 0 Å². The lowest BCUT2D eigenvalue weighted by molar-refractivity contribution is 0.447. The van der Waals surface area contributed by atoms with Gasteiger partial charge in [-0.15, -0.1) is 0 Å². The molecule has 0 atom stereocenters. The lowest BCUT2D eigenvalue weighted by atomic mass is 10.1. The molecule has 4 N–H and O–H groups in total. The van der Waals surface area contributed by atoms with E-state index in [1.54, 1.807) is 6.07 Å². The first-order valence-corrected chi connectivity index (χ1v) is 5.22. The highest BCUT2D eigenvalue weighted by Crippen LogP contribution is 2.33. The third-order valence-corrected chi connectivity index (χ3v) is 2.53.